The van der Waals surface area contributed by atoms with Crippen LogP contribution in [0.25, 0.3) is 0 Å². The number of amides is 1. The van der Waals surface area contributed by atoms with E-state index < -0.39 is 19.1 Å². The monoisotopic (exact) mass is 271 g/mol. The number of carbonyl (C=O) groups excluding carboxylic acids is 1. The lowest BCUT2D eigenvalue weighted by Gasteiger charge is -2.22. The van der Waals surface area contributed by atoms with Gasteiger partial charge in [-0.25, -0.2) is 13.6 Å². The van der Waals surface area contributed by atoms with Crippen molar-refractivity contribution in [3.05, 3.63) is 35.9 Å². The fraction of sp³-hybridized carbons (Fsp3) is 0.500. The quantitative estimate of drug-likeness (QED) is 0.862. The third kappa shape index (κ3) is 6.18. The average Bonchev–Trinajstić information content (AvgIpc) is 2.36. The highest BCUT2D eigenvalue weighted by molar-refractivity contribution is 5.67. The molecule has 0 aliphatic carbocycles. The van der Waals surface area contributed by atoms with Gasteiger partial charge in [-0.15, -0.1) is 0 Å². The first-order valence-electron chi connectivity index (χ1n) is 6.24. The van der Waals surface area contributed by atoms with Crippen molar-refractivity contribution in [3.63, 3.8) is 0 Å². The van der Waals surface area contributed by atoms with Crippen LogP contribution in [0.3, 0.4) is 0 Å². The summed E-state index contributed by atoms with van der Waals surface area (Å²) < 4.78 is 28.3. The predicted molar refractivity (Wildman–Crippen MR) is 69.3 cm³/mol. The molecule has 106 valence electrons. The van der Waals surface area contributed by atoms with E-state index in [-0.39, 0.29) is 12.0 Å². The largest absolute Gasteiger partial charge is 0.443 e. The first-order valence-corrected chi connectivity index (χ1v) is 6.24. The molecule has 0 aliphatic rings. The van der Waals surface area contributed by atoms with Crippen LogP contribution < -0.4 is 5.32 Å². The minimum absolute atomic E-state index is 0.146. The molecule has 1 aromatic carbocycles. The summed E-state index contributed by atoms with van der Waals surface area (Å²) in [6.07, 6.45) is -2.80. The highest BCUT2D eigenvalue weighted by Gasteiger charge is 2.18. The normalized spacial score (nSPS) is 12.5. The molecular formula is C14H19F2NO2. The smallest absolute Gasteiger partial charge is 0.407 e. The van der Waals surface area contributed by atoms with Crippen molar-refractivity contribution < 1.29 is 18.3 Å². The Labute approximate surface area is 112 Å². The van der Waals surface area contributed by atoms with Crippen LogP contribution in [0.5, 0.6) is 0 Å². The van der Waals surface area contributed by atoms with Crippen molar-refractivity contribution in [3.8, 4) is 0 Å². The average molecular weight is 271 g/mol. The van der Waals surface area contributed by atoms with E-state index in [0.29, 0.717) is 6.42 Å². The van der Waals surface area contributed by atoms with Crippen molar-refractivity contribution in [2.24, 2.45) is 5.92 Å². The van der Waals surface area contributed by atoms with Crippen molar-refractivity contribution in [1.29, 1.82) is 0 Å². The van der Waals surface area contributed by atoms with E-state index in [4.69, 9.17) is 0 Å². The number of benzene rings is 1. The summed E-state index contributed by atoms with van der Waals surface area (Å²) in [4.78, 5) is 11.4. The second kappa shape index (κ2) is 7.71. The van der Waals surface area contributed by atoms with Gasteiger partial charge in [0.25, 0.3) is 6.43 Å². The molecule has 1 rings (SSSR count). The Bertz CT molecular complexity index is 382. The molecule has 1 aromatic rings. The van der Waals surface area contributed by atoms with Gasteiger partial charge < -0.3 is 10.1 Å². The molecule has 0 aromatic heterocycles. The molecular weight excluding hydrogens is 252 g/mol. The number of ether oxygens (including phenoxy) is 1. The van der Waals surface area contributed by atoms with Gasteiger partial charge in [0.15, 0.2) is 6.61 Å². The summed E-state index contributed by atoms with van der Waals surface area (Å²) in [5.41, 5.74) is 1.08. The lowest BCUT2D eigenvalue weighted by Crippen LogP contribution is -2.40. The molecule has 0 bridgehead atoms. The van der Waals surface area contributed by atoms with Crippen molar-refractivity contribution >= 4 is 6.09 Å². The standard InChI is InChI=1S/C14H19F2NO2/c1-10(2)12(8-11-6-4-3-5-7-11)17-14(18)19-9-13(15)16/h3-7,10,12-13H,8-9H2,1-2H3,(H,17,18). The molecule has 0 spiro atoms. The maximum absolute atomic E-state index is 11.9. The van der Waals surface area contributed by atoms with Crippen LogP contribution in [0, 0.1) is 5.92 Å². The van der Waals surface area contributed by atoms with Crippen molar-refractivity contribution in [2.45, 2.75) is 32.7 Å². The Morgan fingerprint density at radius 2 is 1.89 bits per heavy atom. The van der Waals surface area contributed by atoms with Gasteiger partial charge in [0.1, 0.15) is 0 Å². The highest BCUT2D eigenvalue weighted by atomic mass is 19.3. The van der Waals surface area contributed by atoms with E-state index in [1.54, 1.807) is 0 Å². The first-order chi connectivity index (χ1) is 8.99. The van der Waals surface area contributed by atoms with Crippen LogP contribution in [-0.4, -0.2) is 25.2 Å². The minimum atomic E-state index is -2.64. The summed E-state index contributed by atoms with van der Waals surface area (Å²) in [5.74, 6) is 0.180. The van der Waals surface area contributed by atoms with Gasteiger partial charge in [0.05, 0.1) is 0 Å². The van der Waals surface area contributed by atoms with Crippen molar-refractivity contribution in [2.75, 3.05) is 6.61 Å². The number of halogens is 2. The van der Waals surface area contributed by atoms with E-state index in [1.165, 1.54) is 0 Å². The van der Waals surface area contributed by atoms with Gasteiger partial charge in [-0.1, -0.05) is 44.2 Å². The number of carbonyl (C=O) groups is 1. The molecule has 0 saturated carbocycles. The fourth-order valence-electron chi connectivity index (χ4n) is 1.65. The summed E-state index contributed by atoms with van der Waals surface area (Å²) in [6.45, 7) is 3.05. The second-order valence-corrected chi connectivity index (χ2v) is 4.67. The molecule has 5 heteroatoms. The number of hydrogen-bond donors (Lipinski definition) is 1. The van der Waals surface area contributed by atoms with E-state index >= 15 is 0 Å². The van der Waals surface area contributed by atoms with Crippen LogP contribution in [0.15, 0.2) is 30.3 Å². The number of alkyl carbamates (subject to hydrolysis) is 1. The molecule has 0 radical (unpaired) electrons. The van der Waals surface area contributed by atoms with Crippen LogP contribution in [0.2, 0.25) is 0 Å². The van der Waals surface area contributed by atoms with Gasteiger partial charge in [-0.05, 0) is 17.9 Å². The third-order valence-electron chi connectivity index (χ3n) is 2.75. The van der Waals surface area contributed by atoms with Crippen molar-refractivity contribution in [1.82, 2.24) is 5.32 Å². The Morgan fingerprint density at radius 3 is 2.42 bits per heavy atom. The van der Waals surface area contributed by atoms with E-state index in [1.807, 2.05) is 44.2 Å². The Kier molecular flexibility index (Phi) is 6.25. The predicted octanol–water partition coefficient (Wildman–Crippen LogP) is 3.25. The third-order valence-corrected chi connectivity index (χ3v) is 2.75. The second-order valence-electron chi connectivity index (χ2n) is 4.67. The zero-order valence-corrected chi connectivity index (χ0v) is 11.1. The van der Waals surface area contributed by atoms with Crippen LogP contribution >= 0.6 is 0 Å². The van der Waals surface area contributed by atoms with Crippen LogP contribution in [0.4, 0.5) is 13.6 Å². The van der Waals surface area contributed by atoms with E-state index in [9.17, 15) is 13.6 Å². The number of hydrogen-bond acceptors (Lipinski definition) is 2. The molecule has 1 unspecified atom stereocenters. The van der Waals surface area contributed by atoms with Crippen LogP contribution in [-0.2, 0) is 11.2 Å². The summed E-state index contributed by atoms with van der Waals surface area (Å²) >= 11 is 0. The summed E-state index contributed by atoms with van der Waals surface area (Å²) in [7, 11) is 0. The molecule has 0 heterocycles. The molecule has 19 heavy (non-hydrogen) atoms. The van der Waals surface area contributed by atoms with Gasteiger partial charge >= 0.3 is 6.09 Å². The molecule has 0 fully saturated rings. The Hall–Kier alpha value is -1.65. The fourth-order valence-corrected chi connectivity index (χ4v) is 1.65. The first kappa shape index (κ1) is 15.4. The summed E-state index contributed by atoms with van der Waals surface area (Å²) in [5, 5.41) is 2.63. The highest BCUT2D eigenvalue weighted by Crippen LogP contribution is 2.10. The maximum atomic E-state index is 11.9. The Morgan fingerprint density at radius 1 is 1.26 bits per heavy atom. The topological polar surface area (TPSA) is 38.3 Å². The molecule has 1 amide bonds. The number of nitrogens with one attached hydrogen (secondary N) is 1. The maximum Gasteiger partial charge on any atom is 0.407 e. The molecule has 1 N–H and O–H groups in total. The Balaban J connectivity index is 2.51. The summed E-state index contributed by atoms with van der Waals surface area (Å²) in [6, 6.07) is 9.53. The SMILES string of the molecule is CC(C)C(Cc1ccccc1)NC(=O)OCC(F)F. The van der Waals surface area contributed by atoms with Crippen LogP contribution in [0.1, 0.15) is 19.4 Å². The molecule has 0 saturated heterocycles. The van der Waals surface area contributed by atoms with Gasteiger partial charge in [-0.3, -0.25) is 0 Å². The zero-order valence-electron chi connectivity index (χ0n) is 11.1. The van der Waals surface area contributed by atoms with Gasteiger partial charge in [-0.2, -0.15) is 0 Å². The number of alkyl halides is 2. The number of rotatable bonds is 6. The zero-order chi connectivity index (χ0) is 14.3. The lowest BCUT2D eigenvalue weighted by atomic mass is 9.97. The molecule has 1 atom stereocenters. The lowest BCUT2D eigenvalue weighted by molar-refractivity contribution is 0.0468. The minimum Gasteiger partial charge on any atom is -0.443 e. The van der Waals surface area contributed by atoms with Gasteiger partial charge in [0.2, 0.25) is 0 Å². The van der Waals surface area contributed by atoms with E-state index in [0.717, 1.165) is 5.56 Å². The van der Waals surface area contributed by atoms with Gasteiger partial charge in [0, 0.05) is 6.04 Å². The molecule has 0 aliphatic heterocycles. The molecule has 3 nitrogen and oxygen atoms in total. The van der Waals surface area contributed by atoms with E-state index in [2.05, 4.69) is 10.1 Å².